The normalized spacial score (nSPS) is 17.7. The molecule has 0 fully saturated rings. The van der Waals surface area contributed by atoms with Crippen molar-refractivity contribution in [3.63, 3.8) is 0 Å². The van der Waals surface area contributed by atoms with E-state index in [1.807, 2.05) is 36.4 Å². The first-order chi connectivity index (χ1) is 20.5. The number of hydrogen-bond acceptors (Lipinski definition) is 1. The molecule has 0 amide bonds. The van der Waals surface area contributed by atoms with E-state index in [0.717, 1.165) is 48.8 Å². The number of fused-ring (bicyclic) bond motifs is 10. The molecule has 7 aromatic rings. The number of nitrogens with zero attached hydrogens (tertiary/aromatic N) is 1. The maximum atomic E-state index is 15.7. The third-order valence-electron chi connectivity index (χ3n) is 9.61. The number of para-hydroxylation sites is 1. The second kappa shape index (κ2) is 8.22. The van der Waals surface area contributed by atoms with Crippen molar-refractivity contribution in [2.45, 2.75) is 19.3 Å². The molecule has 0 spiro atoms. The zero-order valence-corrected chi connectivity index (χ0v) is 24.4. The van der Waals surface area contributed by atoms with Crippen LogP contribution in [0.4, 0.5) is 0 Å². The lowest BCUT2D eigenvalue weighted by molar-refractivity contribution is 0.593. The number of aromatic nitrogens is 1. The second-order valence-electron chi connectivity index (χ2n) is 12.0. The minimum atomic E-state index is -3.13. The van der Waals surface area contributed by atoms with Crippen LogP contribution < -0.4 is 15.9 Å². The van der Waals surface area contributed by atoms with Crippen LogP contribution in [0.1, 0.15) is 25.0 Å². The highest BCUT2D eigenvalue weighted by molar-refractivity contribution is 7.86. The van der Waals surface area contributed by atoms with Crippen LogP contribution >= 0.6 is 7.14 Å². The Hall–Kier alpha value is -4.65. The van der Waals surface area contributed by atoms with E-state index in [0.29, 0.717) is 0 Å². The van der Waals surface area contributed by atoms with Crippen LogP contribution in [-0.2, 0) is 9.98 Å². The summed E-state index contributed by atoms with van der Waals surface area (Å²) in [6.45, 7) is 4.65. The van der Waals surface area contributed by atoms with E-state index < -0.39 is 7.14 Å². The average Bonchev–Trinajstić information content (AvgIpc) is 3.60. The largest absolute Gasteiger partial charge is 0.309 e. The molecule has 6 aromatic carbocycles. The van der Waals surface area contributed by atoms with E-state index in [1.54, 1.807) is 0 Å². The maximum absolute atomic E-state index is 15.7. The molecule has 0 saturated heterocycles. The molecule has 1 aliphatic carbocycles. The van der Waals surface area contributed by atoms with Gasteiger partial charge < -0.3 is 9.13 Å². The molecule has 0 saturated carbocycles. The molecule has 2 heterocycles. The minimum Gasteiger partial charge on any atom is -0.309 e. The van der Waals surface area contributed by atoms with Gasteiger partial charge in [0.2, 0.25) is 0 Å². The van der Waals surface area contributed by atoms with E-state index in [2.05, 4.69) is 115 Å². The number of rotatable bonds is 2. The van der Waals surface area contributed by atoms with Gasteiger partial charge in [0.1, 0.15) is 0 Å². The molecule has 3 heteroatoms. The van der Waals surface area contributed by atoms with Gasteiger partial charge in [-0.3, -0.25) is 0 Å². The fourth-order valence-corrected chi connectivity index (χ4v) is 11.1. The summed E-state index contributed by atoms with van der Waals surface area (Å²) in [5.41, 5.74) is 10.7. The third kappa shape index (κ3) is 2.83. The lowest BCUT2D eigenvalue weighted by Crippen LogP contribution is -2.21. The summed E-state index contributed by atoms with van der Waals surface area (Å²) in [4.78, 5) is 0. The van der Waals surface area contributed by atoms with Crippen LogP contribution in [-0.4, -0.2) is 4.57 Å². The van der Waals surface area contributed by atoms with Crippen LogP contribution in [0, 0.1) is 0 Å². The lowest BCUT2D eigenvalue weighted by Gasteiger charge is -2.22. The topological polar surface area (TPSA) is 22.0 Å². The summed E-state index contributed by atoms with van der Waals surface area (Å²) in [6.07, 6.45) is 0. The number of benzene rings is 6. The Morgan fingerprint density at radius 1 is 0.571 bits per heavy atom. The Bertz CT molecular complexity index is 2310. The SMILES string of the molecule is CC1(C)c2ccccc2-c2c(-n3c4ccccc4c4c5c(ccc43)-c3ccccc3P5(=O)c3ccccc3)cccc21. The Kier molecular flexibility index (Phi) is 4.69. The Labute approximate surface area is 245 Å². The van der Waals surface area contributed by atoms with Crippen LogP contribution in [0.5, 0.6) is 0 Å². The van der Waals surface area contributed by atoms with Crippen molar-refractivity contribution in [2.24, 2.45) is 0 Å². The number of hydrogen-bond donors (Lipinski definition) is 0. The fourth-order valence-electron chi connectivity index (χ4n) is 7.77. The fraction of sp³-hybridized carbons (Fsp3) is 0.0769. The van der Waals surface area contributed by atoms with Crippen molar-refractivity contribution in [2.75, 3.05) is 0 Å². The van der Waals surface area contributed by atoms with E-state index in [1.165, 1.54) is 27.9 Å². The smallest absolute Gasteiger partial charge is 0.172 e. The summed E-state index contributed by atoms with van der Waals surface area (Å²) in [5.74, 6) is 0. The molecular weight excluding hydrogens is 529 g/mol. The highest BCUT2D eigenvalue weighted by Crippen LogP contribution is 2.56. The minimum absolute atomic E-state index is 0.0907. The van der Waals surface area contributed by atoms with Crippen LogP contribution in [0.2, 0.25) is 0 Å². The molecule has 1 aromatic heterocycles. The molecule has 1 unspecified atom stereocenters. The van der Waals surface area contributed by atoms with E-state index in [-0.39, 0.29) is 5.41 Å². The van der Waals surface area contributed by atoms with Crippen molar-refractivity contribution < 1.29 is 4.57 Å². The quantitative estimate of drug-likeness (QED) is 0.195. The van der Waals surface area contributed by atoms with Crippen molar-refractivity contribution in [1.29, 1.82) is 0 Å². The molecule has 2 nitrogen and oxygen atoms in total. The lowest BCUT2D eigenvalue weighted by atomic mass is 9.82. The van der Waals surface area contributed by atoms with Gasteiger partial charge in [-0.25, -0.2) is 0 Å². The standard InChI is InChI=1S/C39H28NOP/c1-39(2)30-18-9-6-16-28(30)36-31(39)19-12-21-33(36)40-32-20-10-7-17-29(32)37-34(40)24-23-27-26-15-8-11-22-35(26)42(41,38(27)37)25-13-4-3-5-14-25/h3-24H,1-2H3. The van der Waals surface area contributed by atoms with Crippen molar-refractivity contribution in [3.8, 4) is 27.9 Å². The van der Waals surface area contributed by atoms with E-state index in [9.17, 15) is 0 Å². The zero-order chi connectivity index (χ0) is 28.2. The Morgan fingerprint density at radius 3 is 2.12 bits per heavy atom. The molecule has 0 radical (unpaired) electrons. The van der Waals surface area contributed by atoms with Crippen LogP contribution in [0.15, 0.2) is 133 Å². The van der Waals surface area contributed by atoms with Gasteiger partial charge in [0.05, 0.1) is 16.7 Å². The van der Waals surface area contributed by atoms with Gasteiger partial charge in [-0.2, -0.15) is 0 Å². The predicted molar refractivity (Wildman–Crippen MR) is 177 cm³/mol. The molecule has 200 valence electrons. The average molecular weight is 558 g/mol. The maximum Gasteiger partial charge on any atom is 0.172 e. The van der Waals surface area contributed by atoms with Gasteiger partial charge in [0.15, 0.2) is 7.14 Å². The first-order valence-electron chi connectivity index (χ1n) is 14.6. The predicted octanol–water partition coefficient (Wildman–Crippen LogP) is 8.71. The van der Waals surface area contributed by atoms with Gasteiger partial charge in [-0.1, -0.05) is 129 Å². The molecular formula is C39H28NOP. The summed E-state index contributed by atoms with van der Waals surface area (Å²) < 4.78 is 18.1. The van der Waals surface area contributed by atoms with Crippen LogP contribution in [0.3, 0.4) is 0 Å². The highest BCUT2D eigenvalue weighted by atomic mass is 31.2. The highest BCUT2D eigenvalue weighted by Gasteiger charge is 2.43. The summed E-state index contributed by atoms with van der Waals surface area (Å²) in [7, 11) is -3.13. The molecule has 9 rings (SSSR count). The zero-order valence-electron chi connectivity index (χ0n) is 23.5. The van der Waals surface area contributed by atoms with Gasteiger partial charge in [0.25, 0.3) is 0 Å². The first-order valence-corrected chi connectivity index (χ1v) is 16.3. The van der Waals surface area contributed by atoms with Gasteiger partial charge >= 0.3 is 0 Å². The van der Waals surface area contributed by atoms with Gasteiger partial charge in [-0.05, 0) is 46.0 Å². The summed E-state index contributed by atoms with van der Waals surface area (Å²) in [6, 6.07) is 47.0. The summed E-state index contributed by atoms with van der Waals surface area (Å²) >= 11 is 0. The molecule has 0 bridgehead atoms. The molecule has 0 N–H and O–H groups in total. The Morgan fingerprint density at radius 2 is 1.26 bits per heavy atom. The van der Waals surface area contributed by atoms with Crippen molar-refractivity contribution in [3.05, 3.63) is 145 Å². The monoisotopic (exact) mass is 557 g/mol. The van der Waals surface area contributed by atoms with E-state index >= 15 is 4.57 Å². The second-order valence-corrected chi connectivity index (χ2v) is 14.7. The van der Waals surface area contributed by atoms with Gasteiger partial charge in [0, 0.05) is 37.7 Å². The molecule has 2 aliphatic rings. The van der Waals surface area contributed by atoms with E-state index in [4.69, 9.17) is 0 Å². The van der Waals surface area contributed by atoms with Gasteiger partial charge in [-0.15, -0.1) is 0 Å². The summed E-state index contributed by atoms with van der Waals surface area (Å²) in [5, 5.41) is 5.02. The molecule has 42 heavy (non-hydrogen) atoms. The molecule has 1 atom stereocenters. The first kappa shape index (κ1) is 24.0. The van der Waals surface area contributed by atoms with Crippen molar-refractivity contribution in [1.82, 2.24) is 4.57 Å². The van der Waals surface area contributed by atoms with Crippen molar-refractivity contribution >= 4 is 44.9 Å². The van der Waals surface area contributed by atoms with Crippen LogP contribution in [0.25, 0.3) is 49.7 Å². The molecule has 1 aliphatic heterocycles. The third-order valence-corrected chi connectivity index (χ3v) is 12.8. The Balaban J connectivity index is 1.45.